The van der Waals surface area contributed by atoms with Gasteiger partial charge in [0.05, 0.1) is 11.5 Å². The molecule has 4 nitrogen and oxygen atoms in total. The van der Waals surface area contributed by atoms with Crippen molar-refractivity contribution in [2.24, 2.45) is 5.92 Å². The number of alkyl halides is 3. The van der Waals surface area contributed by atoms with Crippen LogP contribution in [-0.2, 0) is 24.1 Å². The number of nitrogens with one attached hydrogen (secondary N) is 1. The number of aryl methyl sites for hydroxylation is 2. The van der Waals surface area contributed by atoms with E-state index in [2.05, 4.69) is 10.2 Å². The first-order valence-electron chi connectivity index (χ1n) is 9.50. The molecule has 2 aromatic carbocycles. The van der Waals surface area contributed by atoms with Crippen molar-refractivity contribution in [1.82, 2.24) is 10.2 Å². The summed E-state index contributed by atoms with van der Waals surface area (Å²) >= 11 is 0. The number of benzene rings is 2. The molecule has 0 unspecified atom stereocenters. The second-order valence-electron chi connectivity index (χ2n) is 7.55. The lowest BCUT2D eigenvalue weighted by Crippen LogP contribution is -2.52. The molecule has 1 aliphatic rings. The molecule has 156 valence electrons. The van der Waals surface area contributed by atoms with Crippen LogP contribution >= 0.6 is 0 Å². The molecule has 2 aromatic rings. The summed E-state index contributed by atoms with van der Waals surface area (Å²) in [6.45, 7) is 6.17. The molecule has 7 heteroatoms. The number of nitrogens with zero attached hydrogens (tertiary/aromatic N) is 1. The van der Waals surface area contributed by atoms with Gasteiger partial charge in [-0.05, 0) is 48.2 Å². The molecule has 0 aliphatic carbocycles. The van der Waals surface area contributed by atoms with Crippen molar-refractivity contribution in [1.29, 1.82) is 0 Å². The molecular weight excluding hydrogens is 381 g/mol. The number of carbonyl (C=O) groups is 1. The normalized spacial score (nSPS) is 15.1. The van der Waals surface area contributed by atoms with Gasteiger partial charge in [-0.15, -0.1) is 0 Å². The summed E-state index contributed by atoms with van der Waals surface area (Å²) < 4.78 is 44.4. The summed E-state index contributed by atoms with van der Waals surface area (Å²) in [7, 11) is 1.65. The predicted molar refractivity (Wildman–Crippen MR) is 105 cm³/mol. The largest absolute Gasteiger partial charge is 0.488 e. The van der Waals surface area contributed by atoms with E-state index in [1.54, 1.807) is 13.1 Å². The Hall–Kier alpha value is -2.54. The highest BCUT2D eigenvalue weighted by Gasteiger charge is 2.32. The average Bonchev–Trinajstić information content (AvgIpc) is 2.62. The van der Waals surface area contributed by atoms with E-state index in [-0.39, 0.29) is 18.4 Å². The maximum Gasteiger partial charge on any atom is 0.416 e. The Balaban J connectivity index is 1.62. The van der Waals surface area contributed by atoms with Gasteiger partial charge in [0.1, 0.15) is 12.4 Å². The SMILES string of the molecule is CNC(=O)C1CN(Cc2cc(C)c(OCc3cccc(C(F)(F)F)c3)c(C)c2)C1. The lowest BCUT2D eigenvalue weighted by atomic mass is 9.97. The molecule has 0 spiro atoms. The second kappa shape index (κ2) is 8.45. The minimum atomic E-state index is -4.36. The molecule has 3 rings (SSSR count). The zero-order valence-electron chi connectivity index (χ0n) is 16.8. The Bertz CT molecular complexity index is 867. The van der Waals surface area contributed by atoms with Crippen LogP contribution in [0.5, 0.6) is 5.75 Å². The van der Waals surface area contributed by atoms with Crippen LogP contribution in [-0.4, -0.2) is 30.9 Å². The van der Waals surface area contributed by atoms with E-state index in [0.717, 1.165) is 48.5 Å². The summed E-state index contributed by atoms with van der Waals surface area (Å²) in [4.78, 5) is 13.8. The average molecular weight is 406 g/mol. The molecule has 0 saturated carbocycles. The molecule has 1 aliphatic heterocycles. The number of amides is 1. The van der Waals surface area contributed by atoms with Crippen molar-refractivity contribution < 1.29 is 22.7 Å². The molecule has 0 bridgehead atoms. The van der Waals surface area contributed by atoms with Gasteiger partial charge < -0.3 is 10.1 Å². The maximum absolute atomic E-state index is 12.9. The summed E-state index contributed by atoms with van der Waals surface area (Å²) in [5, 5.41) is 2.67. The number of hydrogen-bond donors (Lipinski definition) is 1. The molecule has 1 saturated heterocycles. The van der Waals surface area contributed by atoms with Gasteiger partial charge in [-0.25, -0.2) is 0 Å². The number of rotatable bonds is 6. The molecule has 29 heavy (non-hydrogen) atoms. The third kappa shape index (κ3) is 5.09. The van der Waals surface area contributed by atoms with Crippen LogP contribution in [0, 0.1) is 19.8 Å². The van der Waals surface area contributed by atoms with Crippen LogP contribution in [0.2, 0.25) is 0 Å². The Kier molecular flexibility index (Phi) is 6.17. The molecule has 1 heterocycles. The van der Waals surface area contributed by atoms with E-state index < -0.39 is 11.7 Å². The Labute approximate surface area is 168 Å². The van der Waals surface area contributed by atoms with Crippen LogP contribution in [0.1, 0.15) is 27.8 Å². The zero-order valence-corrected chi connectivity index (χ0v) is 16.8. The summed E-state index contributed by atoms with van der Waals surface area (Å²) in [6.07, 6.45) is -4.36. The number of ether oxygens (including phenoxy) is 1. The quantitative estimate of drug-likeness (QED) is 0.786. The van der Waals surface area contributed by atoms with E-state index in [4.69, 9.17) is 4.74 Å². The van der Waals surface area contributed by atoms with Crippen molar-refractivity contribution >= 4 is 5.91 Å². The zero-order chi connectivity index (χ0) is 21.2. The van der Waals surface area contributed by atoms with E-state index in [1.165, 1.54) is 6.07 Å². The van der Waals surface area contributed by atoms with Crippen molar-refractivity contribution in [3.05, 3.63) is 64.2 Å². The fourth-order valence-corrected chi connectivity index (χ4v) is 3.68. The monoisotopic (exact) mass is 406 g/mol. The number of halogens is 3. The molecule has 1 fully saturated rings. The van der Waals surface area contributed by atoms with Crippen LogP contribution < -0.4 is 10.1 Å². The van der Waals surface area contributed by atoms with Crippen LogP contribution in [0.3, 0.4) is 0 Å². The topological polar surface area (TPSA) is 41.6 Å². The van der Waals surface area contributed by atoms with Gasteiger partial charge in [0.15, 0.2) is 0 Å². The molecule has 1 amide bonds. The van der Waals surface area contributed by atoms with Crippen LogP contribution in [0.25, 0.3) is 0 Å². The second-order valence-corrected chi connectivity index (χ2v) is 7.55. The van der Waals surface area contributed by atoms with Crippen LogP contribution in [0.4, 0.5) is 13.2 Å². The van der Waals surface area contributed by atoms with Crippen molar-refractivity contribution in [2.45, 2.75) is 33.2 Å². The first-order chi connectivity index (χ1) is 13.7. The first-order valence-corrected chi connectivity index (χ1v) is 9.50. The minimum Gasteiger partial charge on any atom is -0.488 e. The summed E-state index contributed by atoms with van der Waals surface area (Å²) in [5.41, 5.74) is 2.81. The number of likely N-dealkylation sites (tertiary alicyclic amines) is 1. The lowest BCUT2D eigenvalue weighted by molar-refractivity contribution is -0.137. The van der Waals surface area contributed by atoms with Crippen LogP contribution in [0.15, 0.2) is 36.4 Å². The molecule has 0 radical (unpaired) electrons. The Morgan fingerprint density at radius 3 is 2.38 bits per heavy atom. The van der Waals surface area contributed by atoms with Gasteiger partial charge in [0.25, 0.3) is 0 Å². The first kappa shape index (κ1) is 21.2. The van der Waals surface area contributed by atoms with E-state index in [0.29, 0.717) is 11.3 Å². The van der Waals surface area contributed by atoms with Gasteiger partial charge in [-0.1, -0.05) is 24.3 Å². The molecule has 1 N–H and O–H groups in total. The van der Waals surface area contributed by atoms with Crippen molar-refractivity contribution in [2.75, 3.05) is 20.1 Å². The van der Waals surface area contributed by atoms with Gasteiger partial charge >= 0.3 is 6.18 Å². The smallest absolute Gasteiger partial charge is 0.416 e. The maximum atomic E-state index is 12.9. The van der Waals surface area contributed by atoms with E-state index in [9.17, 15) is 18.0 Å². The standard InChI is InChI=1S/C22H25F3N2O2/c1-14-7-17(10-27-11-18(12-27)21(28)26-3)8-15(2)20(14)29-13-16-5-4-6-19(9-16)22(23,24)25/h4-9,18H,10-13H2,1-3H3,(H,26,28). The van der Waals surface area contributed by atoms with Crippen molar-refractivity contribution in [3.8, 4) is 5.75 Å². The summed E-state index contributed by atoms with van der Waals surface area (Å²) in [6, 6.07) is 9.25. The molecule has 0 aromatic heterocycles. The number of hydrogen-bond acceptors (Lipinski definition) is 3. The van der Waals surface area contributed by atoms with Gasteiger partial charge in [0.2, 0.25) is 5.91 Å². The lowest BCUT2D eigenvalue weighted by Gasteiger charge is -2.38. The predicted octanol–water partition coefficient (Wildman–Crippen LogP) is 4.08. The van der Waals surface area contributed by atoms with Gasteiger partial charge in [-0.3, -0.25) is 9.69 Å². The third-order valence-electron chi connectivity index (χ3n) is 5.14. The Morgan fingerprint density at radius 2 is 1.79 bits per heavy atom. The third-order valence-corrected chi connectivity index (χ3v) is 5.14. The van der Waals surface area contributed by atoms with Gasteiger partial charge in [0, 0.05) is 26.7 Å². The minimum absolute atomic E-state index is 0.0530. The van der Waals surface area contributed by atoms with E-state index in [1.807, 2.05) is 26.0 Å². The fraction of sp³-hybridized carbons (Fsp3) is 0.409. The highest BCUT2D eigenvalue weighted by molar-refractivity contribution is 5.79. The Morgan fingerprint density at radius 1 is 1.14 bits per heavy atom. The fourth-order valence-electron chi connectivity index (χ4n) is 3.68. The summed E-state index contributed by atoms with van der Waals surface area (Å²) in [5.74, 6) is 0.822. The van der Waals surface area contributed by atoms with E-state index >= 15 is 0 Å². The molecule has 0 atom stereocenters. The highest BCUT2D eigenvalue weighted by atomic mass is 19.4. The van der Waals surface area contributed by atoms with Gasteiger partial charge in [-0.2, -0.15) is 13.2 Å². The highest BCUT2D eigenvalue weighted by Crippen LogP contribution is 2.31. The van der Waals surface area contributed by atoms with Crippen molar-refractivity contribution in [3.63, 3.8) is 0 Å². The number of carbonyl (C=O) groups excluding carboxylic acids is 1. The molecular formula is C22H25F3N2O2.